The normalized spacial score (nSPS) is 9.73. The molecule has 0 aliphatic rings. The molecule has 0 saturated heterocycles. The molecule has 0 amide bonds. The van der Waals surface area contributed by atoms with Gasteiger partial charge in [-0.1, -0.05) is 18.2 Å². The largest absolute Gasteiger partial charge is 0.264 e. The maximum absolute atomic E-state index is 8.23. The predicted molar refractivity (Wildman–Crippen MR) is 43.5 cm³/mol. The van der Waals surface area contributed by atoms with E-state index in [1.807, 2.05) is 30.4 Å². The van der Waals surface area contributed by atoms with Crippen molar-refractivity contribution in [2.45, 2.75) is 6.42 Å². The van der Waals surface area contributed by atoms with Crippen LogP contribution in [0.5, 0.6) is 0 Å². The van der Waals surface area contributed by atoms with Crippen molar-refractivity contribution in [3.63, 3.8) is 0 Å². The third kappa shape index (κ3) is 2.63. The standard InChI is InChI=1S/C9H8N2/c10-6-2-1-4-9-5-3-7-11-8-9/h1,3-5,7-8H,2H2. The molecule has 2 heteroatoms. The van der Waals surface area contributed by atoms with Crippen molar-refractivity contribution in [3.8, 4) is 6.07 Å². The molecule has 0 aromatic carbocycles. The molecule has 0 N–H and O–H groups in total. The lowest BCUT2D eigenvalue weighted by molar-refractivity contribution is 1.31. The molecule has 11 heavy (non-hydrogen) atoms. The van der Waals surface area contributed by atoms with E-state index < -0.39 is 0 Å². The van der Waals surface area contributed by atoms with Crippen molar-refractivity contribution < 1.29 is 0 Å². The fourth-order valence-corrected chi connectivity index (χ4v) is 0.722. The first-order valence-corrected chi connectivity index (χ1v) is 3.37. The van der Waals surface area contributed by atoms with Gasteiger partial charge < -0.3 is 0 Å². The minimum absolute atomic E-state index is 0.453. The number of hydrogen-bond donors (Lipinski definition) is 0. The van der Waals surface area contributed by atoms with Crippen LogP contribution in [0, 0.1) is 11.3 Å². The van der Waals surface area contributed by atoms with Crippen LogP contribution in [0.1, 0.15) is 12.0 Å². The molecule has 0 aliphatic carbocycles. The predicted octanol–water partition coefficient (Wildman–Crippen LogP) is 2.01. The summed E-state index contributed by atoms with van der Waals surface area (Å²) < 4.78 is 0. The Morgan fingerprint density at radius 1 is 1.64 bits per heavy atom. The van der Waals surface area contributed by atoms with Gasteiger partial charge in [0, 0.05) is 12.4 Å². The molecule has 0 spiro atoms. The van der Waals surface area contributed by atoms with Gasteiger partial charge in [0.05, 0.1) is 12.5 Å². The van der Waals surface area contributed by atoms with Crippen molar-refractivity contribution in [3.05, 3.63) is 36.2 Å². The minimum Gasteiger partial charge on any atom is -0.264 e. The molecule has 54 valence electrons. The second-order valence-electron chi connectivity index (χ2n) is 2.05. The van der Waals surface area contributed by atoms with E-state index >= 15 is 0 Å². The summed E-state index contributed by atoms with van der Waals surface area (Å²) in [7, 11) is 0. The lowest BCUT2D eigenvalue weighted by Crippen LogP contribution is -1.72. The molecular formula is C9H8N2. The first kappa shape index (κ1) is 7.49. The van der Waals surface area contributed by atoms with E-state index in [1.165, 1.54) is 0 Å². The van der Waals surface area contributed by atoms with Gasteiger partial charge in [-0.25, -0.2) is 0 Å². The molecule has 1 aromatic heterocycles. The summed E-state index contributed by atoms with van der Waals surface area (Å²) in [4.78, 5) is 3.93. The van der Waals surface area contributed by atoms with E-state index in [2.05, 4.69) is 4.98 Å². The summed E-state index contributed by atoms with van der Waals surface area (Å²) in [5.74, 6) is 0. The second-order valence-corrected chi connectivity index (χ2v) is 2.05. The summed E-state index contributed by atoms with van der Waals surface area (Å²) in [6, 6.07) is 5.84. The lowest BCUT2D eigenvalue weighted by Gasteiger charge is -1.87. The molecule has 1 rings (SSSR count). The fourth-order valence-electron chi connectivity index (χ4n) is 0.722. The zero-order valence-corrected chi connectivity index (χ0v) is 6.07. The Bertz CT molecular complexity index is 269. The molecular weight excluding hydrogens is 136 g/mol. The maximum atomic E-state index is 8.23. The Balaban J connectivity index is 2.59. The van der Waals surface area contributed by atoms with Crippen LogP contribution >= 0.6 is 0 Å². The summed E-state index contributed by atoms with van der Waals surface area (Å²) in [5, 5.41) is 8.23. The Kier molecular flexibility index (Phi) is 2.88. The van der Waals surface area contributed by atoms with Gasteiger partial charge in [0.1, 0.15) is 0 Å². The minimum atomic E-state index is 0.453. The van der Waals surface area contributed by atoms with Crippen LogP contribution in [0.3, 0.4) is 0 Å². The Morgan fingerprint density at radius 2 is 2.55 bits per heavy atom. The molecule has 0 atom stereocenters. The zero-order chi connectivity index (χ0) is 7.94. The highest BCUT2D eigenvalue weighted by atomic mass is 14.6. The molecule has 1 aromatic rings. The molecule has 1 heterocycles. The van der Waals surface area contributed by atoms with E-state index in [9.17, 15) is 0 Å². The summed E-state index contributed by atoms with van der Waals surface area (Å²) in [6.07, 6.45) is 7.64. The van der Waals surface area contributed by atoms with Crippen molar-refractivity contribution in [2.24, 2.45) is 0 Å². The van der Waals surface area contributed by atoms with Gasteiger partial charge in [0.15, 0.2) is 0 Å². The number of nitriles is 1. The summed E-state index contributed by atoms with van der Waals surface area (Å²) in [5.41, 5.74) is 1.03. The van der Waals surface area contributed by atoms with Crippen LogP contribution in [0.2, 0.25) is 0 Å². The number of nitrogens with zero attached hydrogens (tertiary/aromatic N) is 2. The number of pyridine rings is 1. The molecule has 0 unspecified atom stereocenters. The smallest absolute Gasteiger partial charge is 0.0663 e. The second kappa shape index (κ2) is 4.24. The molecule has 0 bridgehead atoms. The summed E-state index contributed by atoms with van der Waals surface area (Å²) >= 11 is 0. The van der Waals surface area contributed by atoms with E-state index in [4.69, 9.17) is 5.26 Å². The van der Waals surface area contributed by atoms with Crippen molar-refractivity contribution in [1.82, 2.24) is 4.98 Å². The van der Waals surface area contributed by atoms with Gasteiger partial charge in [0.2, 0.25) is 0 Å². The monoisotopic (exact) mass is 144 g/mol. The van der Waals surface area contributed by atoms with Crippen molar-refractivity contribution in [2.75, 3.05) is 0 Å². The maximum Gasteiger partial charge on any atom is 0.0663 e. The topological polar surface area (TPSA) is 36.7 Å². The lowest BCUT2D eigenvalue weighted by atomic mass is 10.2. The number of hydrogen-bond acceptors (Lipinski definition) is 2. The van der Waals surface area contributed by atoms with Gasteiger partial charge >= 0.3 is 0 Å². The SMILES string of the molecule is N#CCC=Cc1cccnc1. The van der Waals surface area contributed by atoms with Gasteiger partial charge in [-0.2, -0.15) is 5.26 Å². The number of aromatic nitrogens is 1. The Morgan fingerprint density at radius 3 is 3.18 bits per heavy atom. The highest BCUT2D eigenvalue weighted by molar-refractivity contribution is 5.47. The van der Waals surface area contributed by atoms with E-state index in [-0.39, 0.29) is 0 Å². The number of rotatable bonds is 2. The van der Waals surface area contributed by atoms with Crippen LogP contribution in [-0.4, -0.2) is 4.98 Å². The average molecular weight is 144 g/mol. The van der Waals surface area contributed by atoms with Crippen LogP contribution in [0.25, 0.3) is 6.08 Å². The first-order chi connectivity index (χ1) is 5.43. The van der Waals surface area contributed by atoms with Gasteiger partial charge in [-0.05, 0) is 11.6 Å². The fraction of sp³-hybridized carbons (Fsp3) is 0.111. The average Bonchev–Trinajstić information content (AvgIpc) is 2.07. The molecule has 0 saturated carbocycles. The Hall–Kier alpha value is -1.62. The van der Waals surface area contributed by atoms with E-state index in [0.29, 0.717) is 6.42 Å². The van der Waals surface area contributed by atoms with Gasteiger partial charge in [-0.3, -0.25) is 4.98 Å². The highest BCUT2D eigenvalue weighted by Crippen LogP contribution is 1.98. The Labute approximate surface area is 65.8 Å². The molecule has 0 radical (unpaired) electrons. The molecule has 2 nitrogen and oxygen atoms in total. The quantitative estimate of drug-likeness (QED) is 0.636. The van der Waals surface area contributed by atoms with Gasteiger partial charge in [-0.15, -0.1) is 0 Å². The van der Waals surface area contributed by atoms with E-state index in [1.54, 1.807) is 12.4 Å². The third-order valence-corrected chi connectivity index (χ3v) is 1.20. The number of allylic oxidation sites excluding steroid dienone is 1. The first-order valence-electron chi connectivity index (χ1n) is 3.37. The van der Waals surface area contributed by atoms with Gasteiger partial charge in [0.25, 0.3) is 0 Å². The summed E-state index contributed by atoms with van der Waals surface area (Å²) in [6.45, 7) is 0. The molecule has 0 fully saturated rings. The third-order valence-electron chi connectivity index (χ3n) is 1.20. The highest BCUT2D eigenvalue weighted by Gasteiger charge is 1.81. The van der Waals surface area contributed by atoms with Crippen molar-refractivity contribution in [1.29, 1.82) is 5.26 Å². The van der Waals surface area contributed by atoms with Crippen molar-refractivity contribution >= 4 is 6.08 Å². The van der Waals surface area contributed by atoms with Crippen LogP contribution in [0.4, 0.5) is 0 Å². The van der Waals surface area contributed by atoms with Crippen LogP contribution < -0.4 is 0 Å². The van der Waals surface area contributed by atoms with E-state index in [0.717, 1.165) is 5.56 Å². The van der Waals surface area contributed by atoms with Crippen LogP contribution in [-0.2, 0) is 0 Å². The zero-order valence-electron chi connectivity index (χ0n) is 6.07. The molecule has 0 aliphatic heterocycles. The van der Waals surface area contributed by atoms with Crippen LogP contribution in [0.15, 0.2) is 30.6 Å².